The van der Waals surface area contributed by atoms with E-state index in [0.717, 1.165) is 30.7 Å². The summed E-state index contributed by atoms with van der Waals surface area (Å²) < 4.78 is 26.9. The van der Waals surface area contributed by atoms with Crippen LogP contribution >= 0.6 is 11.8 Å². The molecule has 1 aromatic rings. The quantitative estimate of drug-likeness (QED) is 0.403. The predicted molar refractivity (Wildman–Crippen MR) is 81.6 cm³/mol. The molecule has 0 bridgehead atoms. The van der Waals surface area contributed by atoms with Gasteiger partial charge in [0.2, 0.25) is 10.0 Å². The summed E-state index contributed by atoms with van der Waals surface area (Å²) in [5, 5.41) is 11.1. The molecule has 0 radical (unpaired) electrons. The minimum Gasteiger partial charge on any atom is -0.318 e. The summed E-state index contributed by atoms with van der Waals surface area (Å²) in [5.74, 6) is 6.25. The van der Waals surface area contributed by atoms with Gasteiger partial charge < -0.3 is 5.43 Å². The Balaban J connectivity index is 2.17. The van der Waals surface area contributed by atoms with Crippen molar-refractivity contribution in [3.8, 4) is 0 Å². The molecule has 1 aliphatic heterocycles. The zero-order chi connectivity index (χ0) is 15.5. The second kappa shape index (κ2) is 6.60. The SMILES string of the molecule is NNc1cc(S(=O)(=O)NCC2CCCS2)ccc1[N+](=O)[O-]. The highest BCUT2D eigenvalue weighted by molar-refractivity contribution is 8.00. The topological polar surface area (TPSA) is 127 Å². The molecule has 0 aromatic heterocycles. The number of nitro groups is 1. The summed E-state index contributed by atoms with van der Waals surface area (Å²) in [5.41, 5.74) is 1.83. The Morgan fingerprint density at radius 2 is 2.24 bits per heavy atom. The second-order valence-corrected chi connectivity index (χ2v) is 7.74. The van der Waals surface area contributed by atoms with Crippen molar-refractivity contribution in [1.82, 2.24) is 4.72 Å². The van der Waals surface area contributed by atoms with Crippen LogP contribution in [0.5, 0.6) is 0 Å². The number of hydrogen-bond donors (Lipinski definition) is 3. The fraction of sp³-hybridized carbons (Fsp3) is 0.455. The molecule has 1 aromatic carbocycles. The maximum atomic E-state index is 12.2. The highest BCUT2D eigenvalue weighted by Crippen LogP contribution is 2.28. The number of nitrogens with one attached hydrogen (secondary N) is 2. The normalized spacial score (nSPS) is 18.6. The highest BCUT2D eigenvalue weighted by Gasteiger charge is 2.22. The number of nitrogens with zero attached hydrogens (tertiary/aromatic N) is 1. The van der Waals surface area contributed by atoms with E-state index in [1.54, 1.807) is 11.8 Å². The molecule has 0 amide bonds. The van der Waals surface area contributed by atoms with Crippen molar-refractivity contribution in [2.24, 2.45) is 5.84 Å². The number of nitrogens with two attached hydrogens (primary N) is 1. The maximum absolute atomic E-state index is 12.2. The molecule has 4 N–H and O–H groups in total. The van der Waals surface area contributed by atoms with E-state index in [1.807, 2.05) is 0 Å². The Kier molecular flexibility index (Phi) is 5.04. The van der Waals surface area contributed by atoms with Crippen molar-refractivity contribution in [1.29, 1.82) is 0 Å². The number of sulfonamides is 1. The van der Waals surface area contributed by atoms with E-state index in [9.17, 15) is 18.5 Å². The minimum absolute atomic E-state index is 0.0434. The maximum Gasteiger partial charge on any atom is 0.293 e. The Hall–Kier alpha value is -1.36. The second-order valence-electron chi connectivity index (χ2n) is 4.57. The number of nitrogen functional groups attached to an aromatic ring is 1. The fourth-order valence-corrected chi connectivity index (χ4v) is 4.46. The molecule has 10 heteroatoms. The third kappa shape index (κ3) is 3.84. The zero-order valence-electron chi connectivity index (χ0n) is 11.1. The van der Waals surface area contributed by atoms with Crippen LogP contribution in [-0.4, -0.2) is 30.9 Å². The van der Waals surface area contributed by atoms with Gasteiger partial charge in [0.15, 0.2) is 0 Å². The number of benzene rings is 1. The molecule has 0 saturated carbocycles. The number of rotatable bonds is 6. The lowest BCUT2D eigenvalue weighted by molar-refractivity contribution is -0.384. The molecular weight excluding hydrogens is 316 g/mol. The molecular formula is C11H16N4O4S2. The molecule has 1 saturated heterocycles. The lowest BCUT2D eigenvalue weighted by atomic mass is 10.2. The van der Waals surface area contributed by atoms with Gasteiger partial charge >= 0.3 is 0 Å². The van der Waals surface area contributed by atoms with Crippen LogP contribution in [0.25, 0.3) is 0 Å². The van der Waals surface area contributed by atoms with E-state index in [2.05, 4.69) is 10.1 Å². The summed E-state index contributed by atoms with van der Waals surface area (Å²) in [6, 6.07) is 3.47. The van der Waals surface area contributed by atoms with E-state index < -0.39 is 14.9 Å². The van der Waals surface area contributed by atoms with Crippen LogP contribution in [0.2, 0.25) is 0 Å². The molecule has 21 heavy (non-hydrogen) atoms. The molecule has 116 valence electrons. The van der Waals surface area contributed by atoms with Crippen molar-refractivity contribution in [3.05, 3.63) is 28.3 Å². The Labute approximate surface area is 126 Å². The molecule has 2 rings (SSSR count). The third-order valence-electron chi connectivity index (χ3n) is 3.16. The smallest absolute Gasteiger partial charge is 0.293 e. The molecule has 8 nitrogen and oxygen atoms in total. The molecule has 1 fully saturated rings. The van der Waals surface area contributed by atoms with Crippen LogP contribution in [0.15, 0.2) is 23.1 Å². The number of anilines is 1. The first-order valence-electron chi connectivity index (χ1n) is 6.30. The Bertz CT molecular complexity index is 629. The summed E-state index contributed by atoms with van der Waals surface area (Å²) >= 11 is 1.74. The van der Waals surface area contributed by atoms with E-state index in [-0.39, 0.29) is 21.5 Å². The van der Waals surface area contributed by atoms with E-state index in [4.69, 9.17) is 5.84 Å². The Morgan fingerprint density at radius 3 is 2.81 bits per heavy atom. The summed E-state index contributed by atoms with van der Waals surface area (Å²) in [6.45, 7) is 0.357. The van der Waals surface area contributed by atoms with Gasteiger partial charge in [0.1, 0.15) is 5.69 Å². The molecule has 0 spiro atoms. The monoisotopic (exact) mass is 332 g/mol. The largest absolute Gasteiger partial charge is 0.318 e. The molecule has 1 aliphatic rings. The molecule has 1 atom stereocenters. The summed E-state index contributed by atoms with van der Waals surface area (Å²) in [7, 11) is -3.70. The van der Waals surface area contributed by atoms with Crippen LogP contribution in [-0.2, 0) is 10.0 Å². The fourth-order valence-electron chi connectivity index (χ4n) is 2.05. The van der Waals surface area contributed by atoms with Gasteiger partial charge in [-0.2, -0.15) is 11.8 Å². The third-order valence-corrected chi connectivity index (χ3v) is 5.97. The van der Waals surface area contributed by atoms with Crippen LogP contribution in [0.1, 0.15) is 12.8 Å². The zero-order valence-corrected chi connectivity index (χ0v) is 12.7. The number of hydrazine groups is 1. The lowest BCUT2D eigenvalue weighted by Crippen LogP contribution is -2.30. The van der Waals surface area contributed by atoms with Gasteiger partial charge in [0.05, 0.1) is 9.82 Å². The summed E-state index contributed by atoms with van der Waals surface area (Å²) in [6.07, 6.45) is 2.08. The van der Waals surface area contributed by atoms with Crippen molar-refractivity contribution in [3.63, 3.8) is 0 Å². The van der Waals surface area contributed by atoms with Crippen molar-refractivity contribution < 1.29 is 13.3 Å². The first-order valence-corrected chi connectivity index (χ1v) is 8.83. The first-order chi connectivity index (χ1) is 9.94. The van der Waals surface area contributed by atoms with E-state index in [1.165, 1.54) is 6.07 Å². The molecule has 1 unspecified atom stereocenters. The van der Waals surface area contributed by atoms with Crippen LogP contribution < -0.4 is 16.0 Å². The van der Waals surface area contributed by atoms with Crippen molar-refractivity contribution in [2.75, 3.05) is 17.7 Å². The van der Waals surface area contributed by atoms with Gasteiger partial charge in [-0.15, -0.1) is 0 Å². The van der Waals surface area contributed by atoms with Crippen molar-refractivity contribution in [2.45, 2.75) is 23.0 Å². The van der Waals surface area contributed by atoms with Crippen LogP contribution in [0, 0.1) is 10.1 Å². The van der Waals surface area contributed by atoms with Gasteiger partial charge in [-0.25, -0.2) is 13.1 Å². The molecule has 1 heterocycles. The van der Waals surface area contributed by atoms with Gasteiger partial charge in [-0.05, 0) is 30.7 Å². The average molecular weight is 332 g/mol. The van der Waals surface area contributed by atoms with E-state index >= 15 is 0 Å². The molecule has 0 aliphatic carbocycles. The average Bonchev–Trinajstić information content (AvgIpc) is 2.97. The Morgan fingerprint density at radius 1 is 1.48 bits per heavy atom. The van der Waals surface area contributed by atoms with Gasteiger partial charge in [0.25, 0.3) is 5.69 Å². The number of hydrogen-bond acceptors (Lipinski definition) is 7. The van der Waals surface area contributed by atoms with Gasteiger partial charge in [-0.1, -0.05) is 0 Å². The highest BCUT2D eigenvalue weighted by atomic mass is 32.2. The standard InChI is InChI=1S/C11H16N4O4S2/c12-14-10-6-9(3-4-11(10)15(16)17)21(18,19)13-7-8-2-1-5-20-8/h3-4,6,8,13-14H,1-2,5,7,12H2. The first kappa shape index (κ1) is 16.0. The summed E-state index contributed by atoms with van der Waals surface area (Å²) in [4.78, 5) is 10.1. The minimum atomic E-state index is -3.70. The van der Waals surface area contributed by atoms with E-state index in [0.29, 0.717) is 6.54 Å². The van der Waals surface area contributed by atoms with Gasteiger partial charge in [0, 0.05) is 17.9 Å². The predicted octanol–water partition coefficient (Wildman–Crippen LogP) is 1.05. The lowest BCUT2D eigenvalue weighted by Gasteiger charge is -2.11. The van der Waals surface area contributed by atoms with Crippen LogP contribution in [0.3, 0.4) is 0 Å². The number of thioether (sulfide) groups is 1. The van der Waals surface area contributed by atoms with Crippen LogP contribution in [0.4, 0.5) is 11.4 Å². The van der Waals surface area contributed by atoms with Gasteiger partial charge in [-0.3, -0.25) is 16.0 Å². The van der Waals surface area contributed by atoms with Crippen molar-refractivity contribution >= 4 is 33.2 Å². The number of nitro benzene ring substituents is 1.